The number of aliphatic hydroxyl groups is 2. The SMILES string of the molecule is Cc1ccc(NCc2cc(NCC(O)CO)cc(OC(C)C)c2CCC(=O)O)c(C(=O)Nc2ccc(C(=N)N)cc2)c1. The smallest absolute Gasteiger partial charge is 0.303 e. The summed E-state index contributed by atoms with van der Waals surface area (Å²) in [6.07, 6.45) is -1.01. The summed E-state index contributed by atoms with van der Waals surface area (Å²) >= 11 is 0. The lowest BCUT2D eigenvalue weighted by Gasteiger charge is -2.21. The number of benzene rings is 3. The number of aryl methyl sites for hydroxylation is 1. The van der Waals surface area contributed by atoms with Crippen LogP contribution in [0.3, 0.4) is 0 Å². The molecule has 0 heterocycles. The Morgan fingerprint density at radius 1 is 1.02 bits per heavy atom. The molecule has 11 heteroatoms. The monoisotopic (exact) mass is 577 g/mol. The van der Waals surface area contributed by atoms with Gasteiger partial charge in [0.1, 0.15) is 11.6 Å². The number of hydrogen-bond donors (Lipinski definition) is 8. The van der Waals surface area contributed by atoms with E-state index < -0.39 is 18.7 Å². The van der Waals surface area contributed by atoms with Gasteiger partial charge < -0.3 is 41.7 Å². The van der Waals surface area contributed by atoms with Gasteiger partial charge in [-0.25, -0.2) is 0 Å². The number of rotatable bonds is 15. The normalized spacial score (nSPS) is 11.6. The van der Waals surface area contributed by atoms with Crippen LogP contribution in [0.5, 0.6) is 5.75 Å². The molecule has 0 saturated carbocycles. The highest BCUT2D eigenvalue weighted by molar-refractivity contribution is 6.08. The summed E-state index contributed by atoms with van der Waals surface area (Å²) in [7, 11) is 0. The Labute approximate surface area is 245 Å². The lowest BCUT2D eigenvalue weighted by atomic mass is 9.99. The Kier molecular flexibility index (Phi) is 11.3. The second kappa shape index (κ2) is 14.9. The van der Waals surface area contributed by atoms with Gasteiger partial charge in [-0.2, -0.15) is 0 Å². The maximum atomic E-state index is 13.3. The number of aliphatic hydroxyl groups excluding tert-OH is 2. The number of carboxylic acid groups (broad SMARTS) is 1. The molecule has 11 nitrogen and oxygen atoms in total. The topological polar surface area (TPSA) is 190 Å². The van der Waals surface area contributed by atoms with Crippen LogP contribution in [0.15, 0.2) is 54.6 Å². The number of nitrogens with two attached hydrogens (primary N) is 1. The van der Waals surface area contributed by atoms with Crippen molar-refractivity contribution in [1.29, 1.82) is 5.41 Å². The van der Waals surface area contributed by atoms with E-state index in [0.717, 1.165) is 16.7 Å². The molecule has 0 spiro atoms. The summed E-state index contributed by atoms with van der Waals surface area (Å²) in [6.45, 7) is 5.59. The third-order valence-electron chi connectivity index (χ3n) is 6.35. The number of hydrogen-bond acceptors (Lipinski definition) is 8. The van der Waals surface area contributed by atoms with E-state index in [1.807, 2.05) is 39.0 Å². The van der Waals surface area contributed by atoms with Gasteiger partial charge in [0, 0.05) is 48.2 Å². The van der Waals surface area contributed by atoms with Crippen molar-refractivity contribution in [3.05, 3.63) is 82.4 Å². The van der Waals surface area contributed by atoms with Crippen LogP contribution in [0.25, 0.3) is 0 Å². The number of ether oxygens (including phenoxy) is 1. The van der Waals surface area contributed by atoms with Gasteiger partial charge in [0.15, 0.2) is 0 Å². The van der Waals surface area contributed by atoms with Crippen LogP contribution in [0.1, 0.15) is 52.9 Å². The second-order valence-electron chi connectivity index (χ2n) is 10.2. The molecular weight excluding hydrogens is 538 g/mol. The van der Waals surface area contributed by atoms with Gasteiger partial charge >= 0.3 is 5.97 Å². The molecule has 9 N–H and O–H groups in total. The molecule has 3 aromatic rings. The molecule has 3 aromatic carbocycles. The van der Waals surface area contributed by atoms with E-state index in [9.17, 15) is 24.9 Å². The van der Waals surface area contributed by atoms with Crippen molar-refractivity contribution < 1.29 is 29.6 Å². The Balaban J connectivity index is 1.93. The van der Waals surface area contributed by atoms with E-state index in [1.165, 1.54) is 0 Å². The maximum Gasteiger partial charge on any atom is 0.303 e. The minimum atomic E-state index is -0.958. The number of anilines is 3. The average Bonchev–Trinajstić information content (AvgIpc) is 2.94. The van der Waals surface area contributed by atoms with Crippen LogP contribution in [-0.4, -0.2) is 58.4 Å². The molecule has 0 aliphatic heterocycles. The lowest BCUT2D eigenvalue weighted by Crippen LogP contribution is -2.23. The molecule has 0 fully saturated rings. The number of nitrogens with one attached hydrogen (secondary N) is 4. The molecule has 0 bridgehead atoms. The first-order chi connectivity index (χ1) is 20.0. The standard InChI is InChI=1S/C31H39N5O6/c1-18(2)42-28-14-23(34-16-24(38)17-37)13-21(25(28)9-11-29(39)40)15-35-27-10-4-19(3)12-26(27)31(41)36-22-7-5-20(6-8-22)30(32)33/h4-8,10,12-14,18,24,34-35,37-38H,9,11,15-17H2,1-3H3,(H3,32,33)(H,36,41)(H,39,40). The van der Waals surface area contributed by atoms with Gasteiger partial charge in [0.05, 0.1) is 24.4 Å². The third kappa shape index (κ3) is 9.22. The summed E-state index contributed by atoms with van der Waals surface area (Å²) in [5.41, 5.74) is 10.6. The van der Waals surface area contributed by atoms with Gasteiger partial charge in [-0.3, -0.25) is 15.0 Å². The van der Waals surface area contributed by atoms with Crippen LogP contribution in [-0.2, 0) is 17.8 Å². The van der Waals surface area contributed by atoms with Crippen molar-refractivity contribution >= 4 is 34.8 Å². The molecule has 224 valence electrons. The molecular formula is C31H39N5O6. The number of amidine groups is 1. The average molecular weight is 578 g/mol. The molecule has 0 aromatic heterocycles. The quantitative estimate of drug-likeness (QED) is 0.0983. The number of carbonyl (C=O) groups is 2. The van der Waals surface area contributed by atoms with Crippen LogP contribution < -0.4 is 26.4 Å². The molecule has 42 heavy (non-hydrogen) atoms. The predicted octanol–water partition coefficient (Wildman–Crippen LogP) is 3.71. The van der Waals surface area contributed by atoms with E-state index >= 15 is 0 Å². The zero-order valence-electron chi connectivity index (χ0n) is 24.0. The number of amides is 1. The molecule has 0 radical (unpaired) electrons. The Morgan fingerprint density at radius 2 is 1.74 bits per heavy atom. The Morgan fingerprint density at radius 3 is 2.36 bits per heavy atom. The van der Waals surface area contributed by atoms with Crippen LogP contribution in [0, 0.1) is 12.3 Å². The number of aliphatic carboxylic acids is 1. The Hall–Kier alpha value is -4.61. The van der Waals surface area contributed by atoms with Crippen molar-refractivity contribution in [2.45, 2.75) is 52.4 Å². The van der Waals surface area contributed by atoms with E-state index in [1.54, 1.807) is 36.4 Å². The fourth-order valence-corrected chi connectivity index (χ4v) is 4.26. The first-order valence-corrected chi connectivity index (χ1v) is 13.6. The van der Waals surface area contributed by atoms with Crippen molar-refractivity contribution in [3.63, 3.8) is 0 Å². The zero-order chi connectivity index (χ0) is 30.8. The number of carboxylic acids is 1. The highest BCUT2D eigenvalue weighted by Crippen LogP contribution is 2.31. The van der Waals surface area contributed by atoms with Gasteiger partial charge in [-0.15, -0.1) is 0 Å². The number of carbonyl (C=O) groups excluding carboxylic acids is 1. The maximum absolute atomic E-state index is 13.3. The van der Waals surface area contributed by atoms with Gasteiger partial charge in [-0.05, 0) is 80.8 Å². The molecule has 0 saturated heterocycles. The summed E-state index contributed by atoms with van der Waals surface area (Å²) < 4.78 is 6.05. The number of nitrogen functional groups attached to an aromatic ring is 1. The second-order valence-corrected chi connectivity index (χ2v) is 10.2. The highest BCUT2D eigenvalue weighted by Gasteiger charge is 2.18. The summed E-state index contributed by atoms with van der Waals surface area (Å²) in [6, 6.07) is 15.7. The van der Waals surface area contributed by atoms with Crippen LogP contribution in [0.2, 0.25) is 0 Å². The fourth-order valence-electron chi connectivity index (χ4n) is 4.26. The zero-order valence-corrected chi connectivity index (χ0v) is 24.0. The third-order valence-corrected chi connectivity index (χ3v) is 6.35. The van der Waals surface area contributed by atoms with E-state index in [0.29, 0.717) is 33.9 Å². The Bertz CT molecular complexity index is 1410. The van der Waals surface area contributed by atoms with Crippen molar-refractivity contribution in [2.75, 3.05) is 29.1 Å². The first kappa shape index (κ1) is 31.9. The van der Waals surface area contributed by atoms with Crippen LogP contribution >= 0.6 is 0 Å². The molecule has 1 unspecified atom stereocenters. The van der Waals surface area contributed by atoms with E-state index in [-0.39, 0.29) is 43.8 Å². The van der Waals surface area contributed by atoms with Gasteiger partial charge in [-0.1, -0.05) is 11.6 Å². The molecule has 0 aliphatic rings. The highest BCUT2D eigenvalue weighted by atomic mass is 16.5. The molecule has 3 rings (SSSR count). The summed E-state index contributed by atoms with van der Waals surface area (Å²) in [5.74, 6) is -0.819. The van der Waals surface area contributed by atoms with Crippen LogP contribution in [0.4, 0.5) is 17.1 Å². The molecule has 1 atom stereocenters. The lowest BCUT2D eigenvalue weighted by molar-refractivity contribution is -0.136. The minimum absolute atomic E-state index is 0.0634. The summed E-state index contributed by atoms with van der Waals surface area (Å²) in [5, 5.41) is 45.3. The van der Waals surface area contributed by atoms with Crippen molar-refractivity contribution in [1.82, 2.24) is 0 Å². The fraction of sp³-hybridized carbons (Fsp3) is 0.323. The van der Waals surface area contributed by atoms with E-state index in [2.05, 4.69) is 16.0 Å². The molecule has 1 amide bonds. The van der Waals surface area contributed by atoms with Crippen molar-refractivity contribution in [2.24, 2.45) is 5.73 Å². The predicted molar refractivity (Wildman–Crippen MR) is 164 cm³/mol. The van der Waals surface area contributed by atoms with Gasteiger partial charge in [0.2, 0.25) is 0 Å². The minimum Gasteiger partial charge on any atom is -0.491 e. The molecule has 0 aliphatic carbocycles. The summed E-state index contributed by atoms with van der Waals surface area (Å²) in [4.78, 5) is 24.8. The van der Waals surface area contributed by atoms with Crippen molar-refractivity contribution in [3.8, 4) is 5.75 Å². The van der Waals surface area contributed by atoms with E-state index in [4.69, 9.17) is 15.9 Å². The van der Waals surface area contributed by atoms with Gasteiger partial charge in [0.25, 0.3) is 5.91 Å². The first-order valence-electron chi connectivity index (χ1n) is 13.6. The largest absolute Gasteiger partial charge is 0.491 e.